The van der Waals surface area contributed by atoms with Gasteiger partial charge < -0.3 is 14.7 Å². The Kier molecular flexibility index (Phi) is 7.13. The zero-order chi connectivity index (χ0) is 21.8. The highest BCUT2D eigenvalue weighted by Gasteiger charge is 2.45. The number of nitrogens with zero attached hydrogens (tertiary/aromatic N) is 1. The normalized spacial score (nSPS) is 18.3. The molecule has 0 aliphatic carbocycles. The van der Waals surface area contributed by atoms with Gasteiger partial charge in [0.25, 0.3) is 11.7 Å². The van der Waals surface area contributed by atoms with Gasteiger partial charge in [-0.05, 0) is 49.2 Å². The molecule has 0 spiro atoms. The quantitative estimate of drug-likeness (QED) is 0.279. The fourth-order valence-electron chi connectivity index (χ4n) is 3.41. The molecule has 1 unspecified atom stereocenters. The minimum absolute atomic E-state index is 0.104. The number of ketones is 1. The summed E-state index contributed by atoms with van der Waals surface area (Å²) in [4.78, 5) is 27.0. The number of aliphatic hydroxyl groups is 1. The molecule has 1 aliphatic heterocycles. The van der Waals surface area contributed by atoms with Crippen molar-refractivity contribution in [3.63, 3.8) is 0 Å². The van der Waals surface area contributed by atoms with Gasteiger partial charge in [-0.25, -0.2) is 4.39 Å². The zero-order valence-electron chi connectivity index (χ0n) is 16.2. The van der Waals surface area contributed by atoms with Crippen LogP contribution in [0.1, 0.15) is 30.5 Å². The summed E-state index contributed by atoms with van der Waals surface area (Å²) in [6.07, 6.45) is 0.500. The topological polar surface area (TPSA) is 66.8 Å². The first-order chi connectivity index (χ1) is 14.3. The van der Waals surface area contributed by atoms with Crippen LogP contribution in [0.2, 0.25) is 10.0 Å². The average Bonchev–Trinajstić information content (AvgIpc) is 2.96. The number of benzene rings is 2. The van der Waals surface area contributed by atoms with Crippen molar-refractivity contribution in [3.8, 4) is 0 Å². The molecule has 1 saturated heterocycles. The largest absolute Gasteiger partial charge is 0.507 e. The summed E-state index contributed by atoms with van der Waals surface area (Å²) in [5, 5.41) is 11.5. The van der Waals surface area contributed by atoms with Gasteiger partial charge in [0.2, 0.25) is 0 Å². The third-order valence-corrected chi connectivity index (χ3v) is 5.35. The number of hydrogen-bond acceptors (Lipinski definition) is 4. The van der Waals surface area contributed by atoms with Crippen molar-refractivity contribution < 1.29 is 23.8 Å². The molecule has 1 heterocycles. The molecule has 2 aromatic rings. The number of halogens is 3. The van der Waals surface area contributed by atoms with E-state index in [0.29, 0.717) is 30.2 Å². The number of rotatable bonds is 7. The standard InChI is InChI=1S/C22H20Cl2FNO4/c1-2-30-11-3-10-26-19(13-4-7-15(25)8-5-13)18(21(28)22(26)29)20(27)16-9-6-14(23)12-17(16)24/h4-9,12,19,27H,2-3,10-11H2,1H3. The van der Waals surface area contributed by atoms with Crippen molar-refractivity contribution in [1.82, 2.24) is 4.90 Å². The minimum Gasteiger partial charge on any atom is -0.507 e. The van der Waals surface area contributed by atoms with Gasteiger partial charge in [0.1, 0.15) is 11.6 Å². The molecular formula is C22H20Cl2FNO4. The highest BCUT2D eigenvalue weighted by Crippen LogP contribution is 2.40. The van der Waals surface area contributed by atoms with Gasteiger partial charge in [-0.15, -0.1) is 0 Å². The van der Waals surface area contributed by atoms with E-state index < -0.39 is 29.3 Å². The number of hydrogen-bond donors (Lipinski definition) is 1. The fourth-order valence-corrected chi connectivity index (χ4v) is 3.91. The van der Waals surface area contributed by atoms with E-state index in [-0.39, 0.29) is 22.7 Å². The van der Waals surface area contributed by atoms with Gasteiger partial charge in [-0.1, -0.05) is 35.3 Å². The summed E-state index contributed by atoms with van der Waals surface area (Å²) in [7, 11) is 0. The summed E-state index contributed by atoms with van der Waals surface area (Å²) in [5.74, 6) is -2.43. The first-order valence-electron chi connectivity index (χ1n) is 9.42. The van der Waals surface area contributed by atoms with Gasteiger partial charge in [-0.2, -0.15) is 0 Å². The van der Waals surface area contributed by atoms with E-state index in [0.717, 1.165) is 0 Å². The lowest BCUT2D eigenvalue weighted by molar-refractivity contribution is -0.140. The lowest BCUT2D eigenvalue weighted by atomic mass is 9.95. The second-order valence-electron chi connectivity index (χ2n) is 6.72. The SMILES string of the molecule is CCOCCCN1C(=O)C(=O)C(=C(O)c2ccc(Cl)cc2Cl)C1c1ccc(F)cc1. The Bertz CT molecular complexity index is 991. The van der Waals surface area contributed by atoms with E-state index in [1.807, 2.05) is 6.92 Å². The highest BCUT2D eigenvalue weighted by atomic mass is 35.5. The molecular weight excluding hydrogens is 432 g/mol. The lowest BCUT2D eigenvalue weighted by Crippen LogP contribution is -2.31. The van der Waals surface area contributed by atoms with Gasteiger partial charge in [0, 0.05) is 30.3 Å². The second-order valence-corrected chi connectivity index (χ2v) is 7.56. The Balaban J connectivity index is 2.09. The molecule has 1 amide bonds. The highest BCUT2D eigenvalue weighted by molar-refractivity contribution is 6.47. The molecule has 2 aromatic carbocycles. The second kappa shape index (κ2) is 9.60. The summed E-state index contributed by atoms with van der Waals surface area (Å²) in [6, 6.07) is 9.01. The van der Waals surface area contributed by atoms with Gasteiger partial charge >= 0.3 is 0 Å². The Morgan fingerprint density at radius 1 is 1.17 bits per heavy atom. The van der Waals surface area contributed by atoms with Crippen LogP contribution in [0.15, 0.2) is 48.0 Å². The molecule has 3 rings (SSSR count). The van der Waals surface area contributed by atoms with Crippen molar-refractivity contribution in [1.29, 1.82) is 0 Å². The maximum Gasteiger partial charge on any atom is 0.295 e. The number of likely N-dealkylation sites (tertiary alicyclic amines) is 1. The maximum absolute atomic E-state index is 13.5. The molecule has 158 valence electrons. The van der Waals surface area contributed by atoms with E-state index in [1.54, 1.807) is 0 Å². The predicted octanol–water partition coefficient (Wildman–Crippen LogP) is 4.98. The molecule has 0 saturated carbocycles. The van der Waals surface area contributed by atoms with E-state index >= 15 is 0 Å². The van der Waals surface area contributed by atoms with E-state index in [4.69, 9.17) is 27.9 Å². The summed E-state index contributed by atoms with van der Waals surface area (Å²) in [6.45, 7) is 3.05. The first kappa shape index (κ1) is 22.3. The summed E-state index contributed by atoms with van der Waals surface area (Å²) in [5.41, 5.74) is 0.575. The summed E-state index contributed by atoms with van der Waals surface area (Å²) >= 11 is 12.1. The Morgan fingerprint density at radius 2 is 1.87 bits per heavy atom. The number of aliphatic hydroxyl groups excluding tert-OH is 1. The smallest absolute Gasteiger partial charge is 0.295 e. The fraction of sp³-hybridized carbons (Fsp3) is 0.273. The number of carbonyl (C=O) groups excluding carboxylic acids is 2. The molecule has 0 radical (unpaired) electrons. The molecule has 1 fully saturated rings. The molecule has 1 atom stereocenters. The molecule has 0 aromatic heterocycles. The van der Waals surface area contributed by atoms with Crippen molar-refractivity contribution in [2.24, 2.45) is 0 Å². The van der Waals surface area contributed by atoms with Crippen molar-refractivity contribution in [2.75, 3.05) is 19.8 Å². The summed E-state index contributed by atoms with van der Waals surface area (Å²) < 4.78 is 18.8. The molecule has 1 aliphatic rings. The van der Waals surface area contributed by atoms with Crippen LogP contribution >= 0.6 is 23.2 Å². The van der Waals surface area contributed by atoms with Crippen LogP contribution in [0.4, 0.5) is 4.39 Å². The zero-order valence-corrected chi connectivity index (χ0v) is 17.7. The maximum atomic E-state index is 13.5. The lowest BCUT2D eigenvalue weighted by Gasteiger charge is -2.25. The predicted molar refractivity (Wildman–Crippen MR) is 113 cm³/mol. The van der Waals surface area contributed by atoms with Crippen molar-refractivity contribution in [2.45, 2.75) is 19.4 Å². The Hall–Kier alpha value is -2.41. The van der Waals surface area contributed by atoms with Crippen molar-refractivity contribution >= 4 is 40.7 Å². The average molecular weight is 452 g/mol. The molecule has 0 bridgehead atoms. The Labute approximate surface area is 183 Å². The third-order valence-electron chi connectivity index (χ3n) is 4.80. The van der Waals surface area contributed by atoms with Crippen LogP contribution in [-0.4, -0.2) is 41.5 Å². The molecule has 30 heavy (non-hydrogen) atoms. The number of carbonyl (C=O) groups is 2. The van der Waals surface area contributed by atoms with Crippen LogP contribution in [0, 0.1) is 5.82 Å². The van der Waals surface area contributed by atoms with Crippen LogP contribution in [-0.2, 0) is 14.3 Å². The van der Waals surface area contributed by atoms with Crippen LogP contribution in [0.5, 0.6) is 0 Å². The van der Waals surface area contributed by atoms with E-state index in [9.17, 15) is 19.1 Å². The van der Waals surface area contributed by atoms with E-state index in [2.05, 4.69) is 0 Å². The molecule has 1 N–H and O–H groups in total. The monoisotopic (exact) mass is 451 g/mol. The van der Waals surface area contributed by atoms with Crippen molar-refractivity contribution in [3.05, 3.63) is 75.0 Å². The number of ether oxygens (including phenoxy) is 1. The minimum atomic E-state index is -0.876. The third kappa shape index (κ3) is 4.51. The Morgan fingerprint density at radius 3 is 2.50 bits per heavy atom. The number of amides is 1. The molecule has 8 heteroatoms. The van der Waals surface area contributed by atoms with Crippen LogP contribution in [0.25, 0.3) is 5.76 Å². The van der Waals surface area contributed by atoms with Crippen LogP contribution < -0.4 is 0 Å². The van der Waals surface area contributed by atoms with Gasteiger partial charge in [0.05, 0.1) is 16.6 Å². The van der Waals surface area contributed by atoms with Gasteiger partial charge in [-0.3, -0.25) is 9.59 Å². The van der Waals surface area contributed by atoms with Gasteiger partial charge in [0.15, 0.2) is 0 Å². The van der Waals surface area contributed by atoms with Crippen LogP contribution in [0.3, 0.4) is 0 Å². The molecule has 5 nitrogen and oxygen atoms in total. The first-order valence-corrected chi connectivity index (χ1v) is 10.2. The number of Topliss-reactive ketones (excluding diaryl/α,β-unsaturated/α-hetero) is 1. The van der Waals surface area contributed by atoms with E-state index in [1.165, 1.54) is 47.4 Å².